The van der Waals surface area contributed by atoms with Crippen molar-refractivity contribution in [2.45, 2.75) is 89.4 Å². The van der Waals surface area contributed by atoms with E-state index >= 15 is 0 Å². The fraction of sp³-hybridized carbons (Fsp3) is 1.00. The van der Waals surface area contributed by atoms with E-state index in [0.717, 1.165) is 12.8 Å². The molecule has 0 aromatic carbocycles. The minimum absolute atomic E-state index is 0.307. The fourth-order valence-electron chi connectivity index (χ4n) is 2.12. The maximum atomic E-state index is 6.11. The van der Waals surface area contributed by atoms with Crippen LogP contribution >= 0.6 is 23.2 Å². The molecule has 1 unspecified atom stereocenters. The smallest absolute Gasteiger partial charge is 0.0347 e. The molecule has 0 aromatic heterocycles. The van der Waals surface area contributed by atoms with Crippen molar-refractivity contribution in [2.75, 3.05) is 5.88 Å². The van der Waals surface area contributed by atoms with Gasteiger partial charge in [0.1, 0.15) is 0 Å². The van der Waals surface area contributed by atoms with Crippen LogP contribution in [0.4, 0.5) is 0 Å². The Bertz CT molecular complexity index is 137. The van der Waals surface area contributed by atoms with Gasteiger partial charge in [-0.3, -0.25) is 0 Å². The summed E-state index contributed by atoms with van der Waals surface area (Å²) in [5.41, 5.74) is 0. The largest absolute Gasteiger partial charge is 0.127 e. The van der Waals surface area contributed by atoms with Crippen LogP contribution in [-0.4, -0.2) is 11.3 Å². The Morgan fingerprint density at radius 2 is 1.18 bits per heavy atom. The quantitative estimate of drug-likeness (QED) is 0.266. The first kappa shape index (κ1) is 17.6. The fourth-order valence-corrected chi connectivity index (χ4v) is 2.75. The number of unbranched alkanes of at least 4 members (excludes halogenated alkanes) is 9. The molecule has 0 spiro atoms. The van der Waals surface area contributed by atoms with E-state index in [0.29, 0.717) is 11.3 Å². The Morgan fingerprint density at radius 1 is 0.706 bits per heavy atom. The molecule has 0 aliphatic rings. The highest BCUT2D eigenvalue weighted by Gasteiger charge is 2.02. The SMILES string of the molecule is CCCCCCCCCCCCC(Cl)CCCl. The van der Waals surface area contributed by atoms with Crippen molar-refractivity contribution in [3.63, 3.8) is 0 Å². The van der Waals surface area contributed by atoms with Gasteiger partial charge in [-0.05, 0) is 12.8 Å². The summed E-state index contributed by atoms with van der Waals surface area (Å²) in [6.45, 7) is 2.27. The Labute approximate surface area is 118 Å². The first-order valence-corrected chi connectivity index (χ1v) is 8.48. The summed E-state index contributed by atoms with van der Waals surface area (Å²) in [7, 11) is 0. The van der Waals surface area contributed by atoms with Gasteiger partial charge in [0.2, 0.25) is 0 Å². The van der Waals surface area contributed by atoms with Crippen LogP contribution in [0.15, 0.2) is 0 Å². The van der Waals surface area contributed by atoms with E-state index in [4.69, 9.17) is 23.2 Å². The highest BCUT2D eigenvalue weighted by Crippen LogP contribution is 2.15. The molecule has 0 rings (SSSR count). The minimum atomic E-state index is 0.307. The van der Waals surface area contributed by atoms with Gasteiger partial charge in [-0.2, -0.15) is 0 Å². The lowest BCUT2D eigenvalue weighted by molar-refractivity contribution is 0.544. The number of rotatable bonds is 13. The van der Waals surface area contributed by atoms with Crippen LogP contribution in [0.25, 0.3) is 0 Å². The van der Waals surface area contributed by atoms with Gasteiger partial charge in [0.15, 0.2) is 0 Å². The third kappa shape index (κ3) is 14.5. The summed E-state index contributed by atoms with van der Waals surface area (Å²) in [4.78, 5) is 0. The standard InChI is InChI=1S/C15H30Cl2/c1-2-3-4-5-6-7-8-9-10-11-12-15(17)13-14-16/h15H,2-14H2,1H3. The van der Waals surface area contributed by atoms with E-state index in [2.05, 4.69) is 6.92 Å². The molecule has 1 atom stereocenters. The molecule has 0 heterocycles. The van der Waals surface area contributed by atoms with Crippen LogP contribution in [0.5, 0.6) is 0 Å². The van der Waals surface area contributed by atoms with Crippen LogP contribution in [0.3, 0.4) is 0 Å². The summed E-state index contributed by atoms with van der Waals surface area (Å²) in [6, 6.07) is 0. The predicted molar refractivity (Wildman–Crippen MR) is 81.4 cm³/mol. The number of halogens is 2. The molecule has 2 heteroatoms. The first-order chi connectivity index (χ1) is 8.31. The summed E-state index contributed by atoms with van der Waals surface area (Å²) in [5.74, 6) is 0.700. The molecule has 0 nitrogen and oxygen atoms in total. The summed E-state index contributed by atoms with van der Waals surface area (Å²) in [5, 5.41) is 0.307. The average molecular weight is 281 g/mol. The summed E-state index contributed by atoms with van der Waals surface area (Å²) < 4.78 is 0. The second-order valence-electron chi connectivity index (χ2n) is 5.05. The number of alkyl halides is 2. The third-order valence-corrected chi connectivity index (χ3v) is 3.95. The van der Waals surface area contributed by atoms with Gasteiger partial charge in [0, 0.05) is 11.3 Å². The maximum Gasteiger partial charge on any atom is 0.0347 e. The zero-order valence-electron chi connectivity index (χ0n) is 11.5. The molecule has 0 radical (unpaired) electrons. The Kier molecular flexibility index (Phi) is 15.1. The minimum Gasteiger partial charge on any atom is -0.127 e. The van der Waals surface area contributed by atoms with Crippen molar-refractivity contribution in [1.29, 1.82) is 0 Å². The zero-order chi connectivity index (χ0) is 12.8. The molecule has 0 saturated carbocycles. The van der Waals surface area contributed by atoms with Crippen molar-refractivity contribution < 1.29 is 0 Å². The molecule has 0 N–H and O–H groups in total. The van der Waals surface area contributed by atoms with Crippen molar-refractivity contribution in [1.82, 2.24) is 0 Å². The number of hydrogen-bond donors (Lipinski definition) is 0. The second-order valence-corrected chi connectivity index (χ2v) is 6.04. The topological polar surface area (TPSA) is 0 Å². The van der Waals surface area contributed by atoms with Gasteiger partial charge in [-0.25, -0.2) is 0 Å². The molecule has 0 amide bonds. The second kappa shape index (κ2) is 14.6. The molecule has 0 saturated heterocycles. The van der Waals surface area contributed by atoms with E-state index in [1.54, 1.807) is 0 Å². The van der Waals surface area contributed by atoms with Gasteiger partial charge < -0.3 is 0 Å². The van der Waals surface area contributed by atoms with Crippen LogP contribution < -0.4 is 0 Å². The molecule has 104 valence electrons. The van der Waals surface area contributed by atoms with E-state index in [-0.39, 0.29) is 0 Å². The van der Waals surface area contributed by atoms with Gasteiger partial charge in [-0.15, -0.1) is 23.2 Å². The first-order valence-electron chi connectivity index (χ1n) is 7.51. The highest BCUT2D eigenvalue weighted by molar-refractivity contribution is 6.22. The molecule has 0 aromatic rings. The summed E-state index contributed by atoms with van der Waals surface area (Å²) in [6.07, 6.45) is 16.0. The van der Waals surface area contributed by atoms with Gasteiger partial charge in [0.25, 0.3) is 0 Å². The Balaban J connectivity index is 2.98. The van der Waals surface area contributed by atoms with Crippen molar-refractivity contribution in [3.05, 3.63) is 0 Å². The molecular weight excluding hydrogens is 251 g/mol. The van der Waals surface area contributed by atoms with Crippen LogP contribution in [0, 0.1) is 0 Å². The lowest BCUT2D eigenvalue weighted by atomic mass is 10.0. The van der Waals surface area contributed by atoms with Crippen molar-refractivity contribution >= 4 is 23.2 Å². The molecular formula is C15H30Cl2. The van der Waals surface area contributed by atoms with E-state index in [1.165, 1.54) is 64.2 Å². The lowest BCUT2D eigenvalue weighted by Crippen LogP contribution is -1.98. The van der Waals surface area contributed by atoms with Gasteiger partial charge in [0.05, 0.1) is 0 Å². The normalized spacial score (nSPS) is 12.9. The molecule has 17 heavy (non-hydrogen) atoms. The lowest BCUT2D eigenvalue weighted by Gasteiger charge is -2.06. The monoisotopic (exact) mass is 280 g/mol. The zero-order valence-corrected chi connectivity index (χ0v) is 13.0. The van der Waals surface area contributed by atoms with E-state index in [9.17, 15) is 0 Å². The highest BCUT2D eigenvalue weighted by atomic mass is 35.5. The number of hydrogen-bond acceptors (Lipinski definition) is 0. The van der Waals surface area contributed by atoms with Crippen LogP contribution in [0.1, 0.15) is 84.0 Å². The van der Waals surface area contributed by atoms with E-state index in [1.807, 2.05) is 0 Å². The van der Waals surface area contributed by atoms with Crippen molar-refractivity contribution in [2.24, 2.45) is 0 Å². The average Bonchev–Trinajstić information content (AvgIpc) is 2.32. The van der Waals surface area contributed by atoms with E-state index < -0.39 is 0 Å². The third-order valence-electron chi connectivity index (χ3n) is 3.29. The molecule has 0 aliphatic carbocycles. The Morgan fingerprint density at radius 3 is 1.65 bits per heavy atom. The molecule has 0 aliphatic heterocycles. The molecule has 0 bridgehead atoms. The maximum absolute atomic E-state index is 6.11. The summed E-state index contributed by atoms with van der Waals surface area (Å²) >= 11 is 11.8. The van der Waals surface area contributed by atoms with Gasteiger partial charge >= 0.3 is 0 Å². The van der Waals surface area contributed by atoms with Crippen molar-refractivity contribution in [3.8, 4) is 0 Å². The van der Waals surface area contributed by atoms with Crippen LogP contribution in [0.2, 0.25) is 0 Å². The molecule has 0 fully saturated rings. The van der Waals surface area contributed by atoms with Crippen LogP contribution in [-0.2, 0) is 0 Å². The predicted octanol–water partition coefficient (Wildman–Crippen LogP) is 6.53. The van der Waals surface area contributed by atoms with Gasteiger partial charge in [-0.1, -0.05) is 71.1 Å². The Hall–Kier alpha value is 0.580.